The van der Waals surface area contributed by atoms with Crippen LogP contribution in [-0.4, -0.2) is 57.9 Å². The molecule has 1 saturated carbocycles. The Morgan fingerprint density at radius 2 is 1.81 bits per heavy atom. The first-order valence-electron chi connectivity index (χ1n) is 10.6. The molecule has 1 saturated heterocycles. The number of benzene rings is 1. The number of pyridine rings is 1. The molecule has 1 aromatic heterocycles. The van der Waals surface area contributed by atoms with Crippen LogP contribution in [0.15, 0.2) is 48.7 Å². The summed E-state index contributed by atoms with van der Waals surface area (Å²) in [6.07, 6.45) is 4.80. The standard InChI is InChI=1S/C23H26N4O4/c24-21(29)19-7-4-13-25-22(19)31-18-10-8-17(9-11-18)27-20(28)15-26(23(27)30)14-12-16-5-2-1-3-6-16/h1-7,13,17-18H,8-12,14-15H2,(H2,24,29). The monoisotopic (exact) mass is 422 g/mol. The second-order valence-corrected chi connectivity index (χ2v) is 7.97. The molecule has 0 unspecified atom stereocenters. The Kier molecular flexibility index (Phi) is 6.16. The van der Waals surface area contributed by atoms with Gasteiger partial charge in [-0.15, -0.1) is 0 Å². The summed E-state index contributed by atoms with van der Waals surface area (Å²) < 4.78 is 5.91. The Bertz CT molecular complexity index is 957. The summed E-state index contributed by atoms with van der Waals surface area (Å²) in [4.78, 5) is 44.2. The van der Waals surface area contributed by atoms with Crippen LogP contribution in [0.2, 0.25) is 0 Å². The molecule has 1 aliphatic carbocycles. The molecule has 2 aliphatic rings. The van der Waals surface area contributed by atoms with Crippen molar-refractivity contribution in [3.05, 3.63) is 59.8 Å². The fraction of sp³-hybridized carbons (Fsp3) is 0.391. The lowest BCUT2D eigenvalue weighted by Crippen LogP contribution is -2.44. The Labute approximate surface area is 181 Å². The van der Waals surface area contributed by atoms with Gasteiger partial charge in [0.15, 0.2) is 0 Å². The topological polar surface area (TPSA) is 106 Å². The summed E-state index contributed by atoms with van der Waals surface area (Å²) in [5.74, 6) is -0.484. The number of aromatic nitrogens is 1. The fourth-order valence-electron chi connectivity index (χ4n) is 4.26. The highest BCUT2D eigenvalue weighted by Crippen LogP contribution is 2.29. The van der Waals surface area contributed by atoms with Crippen molar-refractivity contribution in [3.63, 3.8) is 0 Å². The zero-order valence-electron chi connectivity index (χ0n) is 17.3. The van der Waals surface area contributed by atoms with Gasteiger partial charge in [-0.2, -0.15) is 0 Å². The summed E-state index contributed by atoms with van der Waals surface area (Å²) in [6.45, 7) is 0.664. The largest absolute Gasteiger partial charge is 0.474 e. The van der Waals surface area contributed by atoms with Crippen molar-refractivity contribution in [1.29, 1.82) is 0 Å². The molecular weight excluding hydrogens is 396 g/mol. The number of amides is 4. The minimum atomic E-state index is -0.583. The maximum Gasteiger partial charge on any atom is 0.327 e. The Morgan fingerprint density at radius 1 is 1.06 bits per heavy atom. The minimum Gasteiger partial charge on any atom is -0.474 e. The number of primary amides is 1. The van der Waals surface area contributed by atoms with Crippen molar-refractivity contribution in [2.45, 2.75) is 44.2 Å². The molecule has 2 fully saturated rings. The molecule has 31 heavy (non-hydrogen) atoms. The van der Waals surface area contributed by atoms with Crippen molar-refractivity contribution in [2.24, 2.45) is 5.73 Å². The van der Waals surface area contributed by atoms with E-state index in [-0.39, 0.29) is 42.1 Å². The van der Waals surface area contributed by atoms with E-state index >= 15 is 0 Å². The number of ether oxygens (including phenoxy) is 1. The normalized spacial score (nSPS) is 21.4. The lowest BCUT2D eigenvalue weighted by Gasteiger charge is -2.33. The fourth-order valence-corrected chi connectivity index (χ4v) is 4.26. The van der Waals surface area contributed by atoms with E-state index in [1.54, 1.807) is 23.2 Å². The van der Waals surface area contributed by atoms with Gasteiger partial charge in [0.05, 0.1) is 0 Å². The van der Waals surface area contributed by atoms with Gasteiger partial charge < -0.3 is 15.4 Å². The van der Waals surface area contributed by atoms with Crippen molar-refractivity contribution < 1.29 is 19.1 Å². The van der Waals surface area contributed by atoms with Gasteiger partial charge in [0.2, 0.25) is 5.88 Å². The molecule has 2 N–H and O–H groups in total. The average molecular weight is 422 g/mol. The highest BCUT2D eigenvalue weighted by molar-refractivity contribution is 6.02. The molecule has 162 valence electrons. The van der Waals surface area contributed by atoms with Gasteiger partial charge in [0, 0.05) is 18.8 Å². The number of imide groups is 1. The molecule has 8 heteroatoms. The van der Waals surface area contributed by atoms with Gasteiger partial charge in [-0.25, -0.2) is 9.78 Å². The van der Waals surface area contributed by atoms with Crippen molar-refractivity contribution in [3.8, 4) is 5.88 Å². The maximum absolute atomic E-state index is 12.9. The highest BCUT2D eigenvalue weighted by atomic mass is 16.5. The summed E-state index contributed by atoms with van der Waals surface area (Å²) in [7, 11) is 0. The molecule has 1 aliphatic heterocycles. The summed E-state index contributed by atoms with van der Waals surface area (Å²) in [6, 6.07) is 12.8. The number of carbonyl (C=O) groups excluding carboxylic acids is 3. The average Bonchev–Trinajstić information content (AvgIpc) is 3.07. The molecule has 1 aromatic carbocycles. The van der Waals surface area contributed by atoms with E-state index < -0.39 is 5.91 Å². The van der Waals surface area contributed by atoms with Crippen LogP contribution in [0, 0.1) is 0 Å². The van der Waals surface area contributed by atoms with E-state index in [9.17, 15) is 14.4 Å². The summed E-state index contributed by atoms with van der Waals surface area (Å²) in [5.41, 5.74) is 6.78. The molecule has 8 nitrogen and oxygen atoms in total. The molecule has 2 aromatic rings. The first kappa shape index (κ1) is 20.8. The third-order valence-corrected chi connectivity index (χ3v) is 5.91. The quantitative estimate of drug-likeness (QED) is 0.690. The van der Waals surface area contributed by atoms with Gasteiger partial charge in [-0.3, -0.25) is 14.5 Å². The van der Waals surface area contributed by atoms with Gasteiger partial charge in [-0.1, -0.05) is 30.3 Å². The van der Waals surface area contributed by atoms with Crippen LogP contribution in [0.5, 0.6) is 5.88 Å². The van der Waals surface area contributed by atoms with Crippen LogP contribution >= 0.6 is 0 Å². The SMILES string of the molecule is NC(=O)c1cccnc1OC1CCC(N2C(=O)CN(CCc3ccccc3)C2=O)CC1. The van der Waals surface area contributed by atoms with Crippen LogP contribution in [0.3, 0.4) is 0 Å². The lowest BCUT2D eigenvalue weighted by atomic mass is 9.92. The molecule has 0 bridgehead atoms. The molecule has 0 radical (unpaired) electrons. The van der Waals surface area contributed by atoms with E-state index in [1.165, 1.54) is 4.90 Å². The van der Waals surface area contributed by atoms with E-state index in [1.807, 2.05) is 30.3 Å². The van der Waals surface area contributed by atoms with Crippen LogP contribution in [0.25, 0.3) is 0 Å². The van der Waals surface area contributed by atoms with Gasteiger partial charge in [0.25, 0.3) is 11.8 Å². The highest BCUT2D eigenvalue weighted by Gasteiger charge is 2.41. The van der Waals surface area contributed by atoms with Crippen molar-refractivity contribution in [2.75, 3.05) is 13.1 Å². The number of hydrogen-bond acceptors (Lipinski definition) is 5. The van der Waals surface area contributed by atoms with Crippen LogP contribution in [-0.2, 0) is 11.2 Å². The number of rotatable bonds is 7. The third kappa shape index (κ3) is 4.68. The first-order valence-corrected chi connectivity index (χ1v) is 10.6. The number of carbonyl (C=O) groups is 3. The van der Waals surface area contributed by atoms with E-state index in [0.29, 0.717) is 32.2 Å². The van der Waals surface area contributed by atoms with E-state index in [4.69, 9.17) is 10.5 Å². The molecule has 4 amide bonds. The number of nitrogens with zero attached hydrogens (tertiary/aromatic N) is 3. The van der Waals surface area contributed by atoms with Crippen molar-refractivity contribution >= 4 is 17.8 Å². The number of nitrogens with two attached hydrogens (primary N) is 1. The summed E-state index contributed by atoms with van der Waals surface area (Å²) >= 11 is 0. The Morgan fingerprint density at radius 3 is 2.52 bits per heavy atom. The minimum absolute atomic E-state index is 0.124. The Hall–Kier alpha value is -3.42. The second kappa shape index (κ2) is 9.16. The zero-order chi connectivity index (χ0) is 21.8. The van der Waals surface area contributed by atoms with E-state index in [0.717, 1.165) is 12.0 Å². The molecule has 0 atom stereocenters. The smallest absolute Gasteiger partial charge is 0.327 e. The first-order chi connectivity index (χ1) is 15.0. The maximum atomic E-state index is 12.9. The lowest BCUT2D eigenvalue weighted by molar-refractivity contribution is -0.127. The molecule has 2 heterocycles. The van der Waals surface area contributed by atoms with Gasteiger partial charge in [-0.05, 0) is 49.8 Å². The molecule has 4 rings (SSSR count). The van der Waals surface area contributed by atoms with Crippen LogP contribution in [0.4, 0.5) is 4.79 Å². The Balaban J connectivity index is 1.32. The van der Waals surface area contributed by atoms with Gasteiger partial charge >= 0.3 is 6.03 Å². The van der Waals surface area contributed by atoms with Gasteiger partial charge in [0.1, 0.15) is 18.2 Å². The van der Waals surface area contributed by atoms with E-state index in [2.05, 4.69) is 4.98 Å². The second-order valence-electron chi connectivity index (χ2n) is 7.97. The predicted octanol–water partition coefficient (Wildman–Crippen LogP) is 2.38. The van der Waals surface area contributed by atoms with Crippen LogP contribution < -0.4 is 10.5 Å². The van der Waals surface area contributed by atoms with Crippen LogP contribution in [0.1, 0.15) is 41.6 Å². The molecular formula is C23H26N4O4. The molecule has 0 spiro atoms. The third-order valence-electron chi connectivity index (χ3n) is 5.91. The summed E-state index contributed by atoms with van der Waals surface area (Å²) in [5, 5.41) is 0. The number of urea groups is 1. The number of hydrogen-bond donors (Lipinski definition) is 1. The predicted molar refractivity (Wildman–Crippen MR) is 113 cm³/mol. The zero-order valence-corrected chi connectivity index (χ0v) is 17.3. The van der Waals surface area contributed by atoms with Crippen molar-refractivity contribution in [1.82, 2.24) is 14.8 Å².